The van der Waals surface area contributed by atoms with Gasteiger partial charge in [0.25, 0.3) is 11.9 Å². The number of nitriles is 1. The predicted octanol–water partition coefficient (Wildman–Crippen LogP) is 2.26. The van der Waals surface area contributed by atoms with E-state index < -0.39 is 17.9 Å². The van der Waals surface area contributed by atoms with E-state index in [9.17, 15) is 9.59 Å². The van der Waals surface area contributed by atoms with Gasteiger partial charge in [0.2, 0.25) is 0 Å². The Labute approximate surface area is 131 Å². The van der Waals surface area contributed by atoms with Crippen LogP contribution in [0.4, 0.5) is 5.00 Å². The van der Waals surface area contributed by atoms with E-state index in [1.54, 1.807) is 13.0 Å². The molecule has 2 rings (SSSR count). The number of thiophene rings is 1. The number of hydrogen-bond donors (Lipinski definition) is 1. The van der Waals surface area contributed by atoms with E-state index in [1.807, 2.05) is 0 Å². The fraction of sp³-hybridized carbons (Fsp3) is 0.500. The topological polar surface area (TPSA) is 118 Å². The Morgan fingerprint density at radius 1 is 1.45 bits per heavy atom. The number of amides is 1. The van der Waals surface area contributed by atoms with Crippen LogP contribution in [-0.2, 0) is 22.4 Å². The van der Waals surface area contributed by atoms with Gasteiger partial charge < -0.3 is 10.5 Å². The van der Waals surface area contributed by atoms with Crippen molar-refractivity contribution >= 4 is 28.2 Å². The van der Waals surface area contributed by atoms with E-state index >= 15 is 0 Å². The Morgan fingerprint density at radius 2 is 2.18 bits per heavy atom. The number of hydrogen-bond acceptors (Lipinski definition) is 7. The third-order valence-electron chi connectivity index (χ3n) is 3.30. The molecule has 8 heteroatoms. The molecule has 0 radical (unpaired) electrons. The van der Waals surface area contributed by atoms with E-state index in [0.29, 0.717) is 10.6 Å². The zero-order chi connectivity index (χ0) is 16.1. The molecule has 1 aliphatic rings. The minimum Gasteiger partial charge on any atom is -0.464 e. The van der Waals surface area contributed by atoms with Crippen LogP contribution in [0.3, 0.4) is 0 Å². The summed E-state index contributed by atoms with van der Waals surface area (Å²) in [5.74, 6) is -1.31. The van der Waals surface area contributed by atoms with Crippen molar-refractivity contribution in [3.05, 3.63) is 16.0 Å². The molecule has 0 bridgehead atoms. The monoisotopic (exact) mass is 320 g/mol. The maximum Gasteiger partial charge on any atom is 0.347 e. The smallest absolute Gasteiger partial charge is 0.347 e. The molecule has 1 heterocycles. The van der Waals surface area contributed by atoms with Crippen LogP contribution in [0.2, 0.25) is 0 Å². The maximum absolute atomic E-state index is 11.7. The third-order valence-corrected chi connectivity index (χ3v) is 4.47. The average molecular weight is 320 g/mol. The quantitative estimate of drug-likeness (QED) is 0.661. The lowest BCUT2D eigenvalue weighted by atomic mass is 9.95. The molecule has 1 aromatic rings. The second-order valence-electron chi connectivity index (χ2n) is 4.75. The zero-order valence-electron chi connectivity index (χ0n) is 12.2. The fourth-order valence-corrected chi connectivity index (χ4v) is 3.55. The molecule has 1 aromatic heterocycles. The second-order valence-corrected chi connectivity index (χ2v) is 5.84. The molecule has 116 valence electrons. The minimum atomic E-state index is -1.33. The molecule has 0 spiro atoms. The van der Waals surface area contributed by atoms with Crippen LogP contribution in [0.1, 0.15) is 40.6 Å². The van der Waals surface area contributed by atoms with Gasteiger partial charge in [-0.05, 0) is 38.2 Å². The Balaban J connectivity index is 2.31. The summed E-state index contributed by atoms with van der Waals surface area (Å²) in [5, 5.41) is 16.9. The number of azo groups is 1. The van der Waals surface area contributed by atoms with Crippen molar-refractivity contribution in [2.45, 2.75) is 38.6 Å². The summed E-state index contributed by atoms with van der Waals surface area (Å²) in [6.45, 7) is 1.80. The van der Waals surface area contributed by atoms with Gasteiger partial charge in [-0.3, -0.25) is 4.79 Å². The van der Waals surface area contributed by atoms with Crippen LogP contribution in [0.5, 0.6) is 0 Å². The molecular weight excluding hydrogens is 304 g/mol. The van der Waals surface area contributed by atoms with Crippen molar-refractivity contribution in [3.8, 4) is 6.07 Å². The second kappa shape index (κ2) is 7.13. The summed E-state index contributed by atoms with van der Waals surface area (Å²) in [6.07, 6.45) is 3.74. The highest BCUT2D eigenvalue weighted by molar-refractivity contribution is 7.16. The van der Waals surface area contributed by atoms with E-state index in [1.165, 1.54) is 11.3 Å². The first-order valence-corrected chi connectivity index (χ1v) is 7.81. The van der Waals surface area contributed by atoms with Crippen LogP contribution in [0, 0.1) is 11.3 Å². The van der Waals surface area contributed by atoms with Crippen molar-refractivity contribution in [1.82, 2.24) is 0 Å². The van der Waals surface area contributed by atoms with Gasteiger partial charge in [0.1, 0.15) is 6.07 Å². The number of rotatable bonds is 5. The van der Waals surface area contributed by atoms with Gasteiger partial charge in [-0.2, -0.15) is 10.4 Å². The number of fused-ring (bicyclic) bond motifs is 1. The first-order chi connectivity index (χ1) is 10.6. The van der Waals surface area contributed by atoms with Gasteiger partial charge in [-0.15, -0.1) is 16.5 Å². The van der Waals surface area contributed by atoms with E-state index in [-0.39, 0.29) is 6.61 Å². The summed E-state index contributed by atoms with van der Waals surface area (Å²) in [7, 11) is 0. The number of carbonyl (C=O) groups is 2. The molecule has 7 nitrogen and oxygen atoms in total. The fourth-order valence-electron chi connectivity index (χ4n) is 2.33. The van der Waals surface area contributed by atoms with Crippen molar-refractivity contribution in [2.75, 3.05) is 6.61 Å². The van der Waals surface area contributed by atoms with Crippen LogP contribution in [0.15, 0.2) is 10.2 Å². The normalized spacial score (nSPS) is 15.1. The summed E-state index contributed by atoms with van der Waals surface area (Å²) in [6, 6.07) is 0.387. The lowest BCUT2D eigenvalue weighted by Gasteiger charge is -2.10. The first kappa shape index (κ1) is 16.1. The number of aryl methyl sites for hydroxylation is 1. The summed E-state index contributed by atoms with van der Waals surface area (Å²) in [5.41, 5.74) is 6.74. The van der Waals surface area contributed by atoms with E-state index in [2.05, 4.69) is 10.2 Å². The van der Waals surface area contributed by atoms with Crippen LogP contribution in [-0.4, -0.2) is 24.5 Å². The van der Waals surface area contributed by atoms with Crippen LogP contribution < -0.4 is 5.73 Å². The van der Waals surface area contributed by atoms with Crippen molar-refractivity contribution in [1.29, 1.82) is 5.26 Å². The molecule has 0 aliphatic heterocycles. The molecule has 22 heavy (non-hydrogen) atoms. The highest BCUT2D eigenvalue weighted by Gasteiger charge is 2.25. The third kappa shape index (κ3) is 3.31. The van der Waals surface area contributed by atoms with E-state index in [0.717, 1.165) is 36.1 Å². The van der Waals surface area contributed by atoms with Gasteiger partial charge in [-0.1, -0.05) is 0 Å². The molecule has 1 aliphatic carbocycles. The summed E-state index contributed by atoms with van der Waals surface area (Å²) in [4.78, 5) is 24.3. The SMILES string of the molecule is CCOC(=O)C(C#N)N=Nc1sc2c(c1C(N)=O)CCCC2. The summed E-state index contributed by atoms with van der Waals surface area (Å²) >= 11 is 1.35. The number of carbonyl (C=O) groups excluding carboxylic acids is 2. The van der Waals surface area contributed by atoms with Crippen molar-refractivity contribution in [2.24, 2.45) is 16.0 Å². The lowest BCUT2D eigenvalue weighted by molar-refractivity contribution is -0.143. The Hall–Kier alpha value is -2.27. The summed E-state index contributed by atoms with van der Waals surface area (Å²) < 4.78 is 4.74. The maximum atomic E-state index is 11.7. The van der Waals surface area contributed by atoms with Gasteiger partial charge in [-0.25, -0.2) is 4.79 Å². The molecule has 1 unspecified atom stereocenters. The van der Waals surface area contributed by atoms with Gasteiger partial charge >= 0.3 is 5.97 Å². The van der Waals surface area contributed by atoms with E-state index in [4.69, 9.17) is 15.7 Å². The first-order valence-electron chi connectivity index (χ1n) is 6.99. The molecule has 0 saturated heterocycles. The number of esters is 1. The number of nitrogens with two attached hydrogens (primary N) is 1. The Morgan fingerprint density at radius 3 is 2.82 bits per heavy atom. The van der Waals surface area contributed by atoms with Crippen molar-refractivity contribution < 1.29 is 14.3 Å². The number of ether oxygens (including phenoxy) is 1. The average Bonchev–Trinajstić information content (AvgIpc) is 2.86. The Kier molecular flexibility index (Phi) is 5.22. The van der Waals surface area contributed by atoms with Gasteiger partial charge in [0.15, 0.2) is 5.00 Å². The van der Waals surface area contributed by atoms with Crippen LogP contribution >= 0.6 is 11.3 Å². The van der Waals surface area contributed by atoms with Crippen molar-refractivity contribution in [3.63, 3.8) is 0 Å². The zero-order valence-corrected chi connectivity index (χ0v) is 13.0. The molecule has 1 amide bonds. The minimum absolute atomic E-state index is 0.159. The molecular formula is C14H16N4O3S. The highest BCUT2D eigenvalue weighted by Crippen LogP contribution is 2.39. The molecule has 0 fully saturated rings. The standard InChI is InChI=1S/C14H16N4O3S/c1-2-21-14(20)9(7-15)17-18-13-11(12(16)19)8-5-3-4-6-10(8)22-13/h9H,2-6H2,1H3,(H2,16,19). The lowest BCUT2D eigenvalue weighted by Crippen LogP contribution is -2.19. The molecule has 0 aromatic carbocycles. The molecule has 1 atom stereocenters. The largest absolute Gasteiger partial charge is 0.464 e. The predicted molar refractivity (Wildman–Crippen MR) is 80.0 cm³/mol. The van der Waals surface area contributed by atoms with Crippen LogP contribution in [0.25, 0.3) is 0 Å². The molecule has 2 N–H and O–H groups in total. The van der Waals surface area contributed by atoms with Gasteiger partial charge in [0.05, 0.1) is 12.2 Å². The highest BCUT2D eigenvalue weighted by atomic mass is 32.1. The number of nitrogens with zero attached hydrogens (tertiary/aromatic N) is 3. The Bertz CT molecular complexity index is 660. The van der Waals surface area contributed by atoms with Gasteiger partial charge in [0, 0.05) is 4.88 Å². The number of primary amides is 1. The molecule has 0 saturated carbocycles.